The molecule has 0 radical (unpaired) electrons. The first-order valence-electron chi connectivity index (χ1n) is 12.9. The summed E-state index contributed by atoms with van der Waals surface area (Å²) in [6, 6.07) is 13.8. The quantitative estimate of drug-likeness (QED) is 0.102. The highest BCUT2D eigenvalue weighted by Gasteiger charge is 2.18. The molecular weight excluding hydrogens is 539 g/mol. The van der Waals surface area contributed by atoms with Crippen LogP contribution in [0.25, 0.3) is 22.3 Å². The lowest BCUT2D eigenvalue weighted by atomic mass is 9.99. The summed E-state index contributed by atoms with van der Waals surface area (Å²) in [7, 11) is 0. The number of hydrogen-bond donors (Lipinski definition) is 0. The first kappa shape index (κ1) is 31.3. The minimum absolute atomic E-state index is 0.00340. The number of carbonyl (C=O) groups is 3. The molecule has 3 aromatic rings. The van der Waals surface area contributed by atoms with E-state index in [1.165, 1.54) is 45.0 Å². The molecule has 0 fully saturated rings. The largest absolute Gasteiger partial charge is 0.486 e. The molecule has 0 aliphatic rings. The van der Waals surface area contributed by atoms with Crippen molar-refractivity contribution in [3.8, 4) is 45.3 Å². The van der Waals surface area contributed by atoms with E-state index in [1.54, 1.807) is 36.4 Å². The Balaban J connectivity index is 1.99. The number of allylic oxidation sites excluding steroid dienone is 1. The molecule has 3 aromatic carbocycles. The summed E-state index contributed by atoms with van der Waals surface area (Å²) in [4.78, 5) is 36.4. The van der Waals surface area contributed by atoms with E-state index >= 15 is 4.39 Å². The van der Waals surface area contributed by atoms with Crippen LogP contribution in [-0.4, -0.2) is 24.5 Å². The van der Waals surface area contributed by atoms with Gasteiger partial charge in [-0.05, 0) is 74.7 Å². The normalized spacial score (nSPS) is 10.6. The molecule has 8 heteroatoms. The van der Waals surface area contributed by atoms with Gasteiger partial charge in [0.1, 0.15) is 12.4 Å². The second-order valence-electron chi connectivity index (χ2n) is 9.41. The van der Waals surface area contributed by atoms with Gasteiger partial charge in [-0.2, -0.15) is 0 Å². The van der Waals surface area contributed by atoms with Crippen LogP contribution in [0.1, 0.15) is 27.7 Å². The zero-order valence-corrected chi connectivity index (χ0v) is 23.9. The lowest BCUT2D eigenvalue weighted by Crippen LogP contribution is -2.12. The highest BCUT2D eigenvalue weighted by atomic mass is 19.1. The Hall–Kier alpha value is -5.24. The molecule has 0 aliphatic carbocycles. The first-order chi connectivity index (χ1) is 19.9. The van der Waals surface area contributed by atoms with Crippen LogP contribution in [0.15, 0.2) is 103 Å². The molecule has 0 bridgehead atoms. The lowest BCUT2D eigenvalue weighted by molar-refractivity contribution is -0.132. The van der Waals surface area contributed by atoms with Crippen LogP contribution < -0.4 is 18.9 Å². The molecule has 0 heterocycles. The first-order valence-corrected chi connectivity index (χ1v) is 12.9. The molecule has 42 heavy (non-hydrogen) atoms. The minimum Gasteiger partial charge on any atom is -0.486 e. The fourth-order valence-corrected chi connectivity index (χ4v) is 3.45. The van der Waals surface area contributed by atoms with Gasteiger partial charge in [0.15, 0.2) is 23.0 Å². The lowest BCUT2D eigenvalue weighted by Gasteiger charge is -2.14. The minimum atomic E-state index is -0.717. The molecule has 0 aliphatic heterocycles. The third-order valence-corrected chi connectivity index (χ3v) is 5.72. The second kappa shape index (κ2) is 13.9. The summed E-state index contributed by atoms with van der Waals surface area (Å²) in [6.45, 7) is 17.3. The average molecular weight is 571 g/mol. The summed E-state index contributed by atoms with van der Waals surface area (Å²) in [6.07, 6.45) is 3.59. The molecule has 0 spiro atoms. The Morgan fingerprint density at radius 3 is 1.64 bits per heavy atom. The summed E-state index contributed by atoms with van der Waals surface area (Å²) in [5.41, 5.74) is 2.25. The van der Waals surface area contributed by atoms with Crippen molar-refractivity contribution < 1.29 is 37.7 Å². The molecule has 216 valence electrons. The van der Waals surface area contributed by atoms with Crippen LogP contribution >= 0.6 is 0 Å². The highest BCUT2D eigenvalue weighted by molar-refractivity contribution is 5.92. The van der Waals surface area contributed by atoms with Crippen molar-refractivity contribution in [1.82, 2.24) is 0 Å². The molecule has 0 saturated heterocycles. The third kappa shape index (κ3) is 7.91. The smallest absolute Gasteiger partial charge is 0.338 e. The van der Waals surface area contributed by atoms with Gasteiger partial charge in [0.25, 0.3) is 0 Å². The Morgan fingerprint density at radius 2 is 1.12 bits per heavy atom. The van der Waals surface area contributed by atoms with Crippen molar-refractivity contribution in [2.24, 2.45) is 0 Å². The number of benzene rings is 3. The predicted molar refractivity (Wildman–Crippen MR) is 159 cm³/mol. The summed E-state index contributed by atoms with van der Waals surface area (Å²) >= 11 is 0. The maximum Gasteiger partial charge on any atom is 0.338 e. The second-order valence-corrected chi connectivity index (χ2v) is 9.41. The zero-order valence-electron chi connectivity index (χ0n) is 23.9. The number of carbonyl (C=O) groups excluding carboxylic acids is 3. The molecule has 0 atom stereocenters. The van der Waals surface area contributed by atoms with E-state index in [0.29, 0.717) is 16.7 Å². The van der Waals surface area contributed by atoms with Gasteiger partial charge in [-0.1, -0.05) is 56.2 Å². The number of esters is 3. The molecule has 3 rings (SSSR count). The topological polar surface area (TPSA) is 88.1 Å². The maximum absolute atomic E-state index is 15.5. The number of ether oxygens (including phenoxy) is 4. The van der Waals surface area contributed by atoms with Crippen molar-refractivity contribution in [3.63, 3.8) is 0 Å². The number of hydrogen-bond acceptors (Lipinski definition) is 7. The van der Waals surface area contributed by atoms with Crippen LogP contribution in [0, 0.1) is 5.82 Å². The van der Waals surface area contributed by atoms with Gasteiger partial charge >= 0.3 is 17.9 Å². The average Bonchev–Trinajstić information content (AvgIpc) is 2.94. The fraction of sp³-hybridized carbons (Fsp3) is 0.147. The van der Waals surface area contributed by atoms with Crippen LogP contribution in [0.4, 0.5) is 4.39 Å². The molecule has 0 amide bonds. The summed E-state index contributed by atoms with van der Waals surface area (Å²) in [5, 5.41) is 0. The van der Waals surface area contributed by atoms with E-state index in [4.69, 9.17) is 18.9 Å². The SMILES string of the molecule is C=C(C)C(=O)Oc1ccc(-c2ccc(-c3ccc(OC(=O)C(=C)C)c(OC(=O)C(=C)C)c3)cc2F)cc1OC/C=C/C. The van der Waals surface area contributed by atoms with Crippen molar-refractivity contribution in [2.75, 3.05) is 6.61 Å². The van der Waals surface area contributed by atoms with E-state index in [9.17, 15) is 14.4 Å². The molecular formula is C34H31FO7. The van der Waals surface area contributed by atoms with Gasteiger partial charge in [0.05, 0.1) is 0 Å². The van der Waals surface area contributed by atoms with Crippen molar-refractivity contribution in [2.45, 2.75) is 27.7 Å². The molecule has 0 unspecified atom stereocenters. The third-order valence-electron chi connectivity index (χ3n) is 5.72. The predicted octanol–water partition coefficient (Wildman–Crippen LogP) is 7.56. The monoisotopic (exact) mass is 570 g/mol. The fourth-order valence-electron chi connectivity index (χ4n) is 3.45. The summed E-state index contributed by atoms with van der Waals surface area (Å²) < 4.78 is 37.3. The van der Waals surface area contributed by atoms with Gasteiger partial charge < -0.3 is 18.9 Å². The zero-order chi connectivity index (χ0) is 31.0. The molecule has 7 nitrogen and oxygen atoms in total. The van der Waals surface area contributed by atoms with Crippen LogP contribution in [-0.2, 0) is 14.4 Å². The van der Waals surface area contributed by atoms with Crippen molar-refractivity contribution in [1.29, 1.82) is 0 Å². The van der Waals surface area contributed by atoms with Gasteiger partial charge in [0.2, 0.25) is 0 Å². The molecule has 0 aromatic heterocycles. The Kier molecular flexibility index (Phi) is 10.4. The van der Waals surface area contributed by atoms with Gasteiger partial charge in [-0.15, -0.1) is 0 Å². The van der Waals surface area contributed by atoms with E-state index < -0.39 is 23.7 Å². The van der Waals surface area contributed by atoms with E-state index in [2.05, 4.69) is 19.7 Å². The number of halogens is 1. The summed E-state index contributed by atoms with van der Waals surface area (Å²) in [5.74, 6) is -2.17. The van der Waals surface area contributed by atoms with E-state index in [0.717, 1.165) is 0 Å². The highest BCUT2D eigenvalue weighted by Crippen LogP contribution is 2.37. The van der Waals surface area contributed by atoms with Crippen molar-refractivity contribution >= 4 is 17.9 Å². The Labute approximate surface area is 244 Å². The molecule has 0 saturated carbocycles. The number of rotatable bonds is 11. The van der Waals surface area contributed by atoms with Crippen molar-refractivity contribution in [3.05, 3.63) is 109 Å². The van der Waals surface area contributed by atoms with Gasteiger partial charge in [0, 0.05) is 22.3 Å². The van der Waals surface area contributed by atoms with Crippen LogP contribution in [0.5, 0.6) is 23.0 Å². The van der Waals surface area contributed by atoms with Gasteiger partial charge in [-0.3, -0.25) is 0 Å². The van der Waals surface area contributed by atoms with Crippen LogP contribution in [0.3, 0.4) is 0 Å². The Bertz CT molecular complexity index is 1610. The van der Waals surface area contributed by atoms with E-state index in [1.807, 2.05) is 13.0 Å². The molecule has 0 N–H and O–H groups in total. The standard InChI is InChI=1S/C34H31FO7/c1-8-9-16-39-30-19-25(12-15-28(30)40-32(36)20(2)3)26-13-10-23(17-27(26)35)24-11-14-29(41-33(37)21(4)5)31(18-24)42-34(38)22(6)7/h8-15,17-19H,2,4,6,16H2,1,3,5,7H3/b9-8+. The van der Waals surface area contributed by atoms with E-state index in [-0.39, 0.29) is 51.9 Å². The maximum atomic E-state index is 15.5. The van der Waals surface area contributed by atoms with Gasteiger partial charge in [-0.25, -0.2) is 18.8 Å². The van der Waals surface area contributed by atoms with Crippen LogP contribution in [0.2, 0.25) is 0 Å². The Morgan fingerprint density at radius 1 is 0.667 bits per heavy atom.